The lowest BCUT2D eigenvalue weighted by Crippen LogP contribution is -2.36. The summed E-state index contributed by atoms with van der Waals surface area (Å²) in [5.41, 5.74) is 1.24. The Hall–Kier alpha value is -4.51. The highest BCUT2D eigenvalue weighted by molar-refractivity contribution is 8.18. The smallest absolute Gasteiger partial charge is 0.294 e. The Morgan fingerprint density at radius 3 is 2.27 bits per heavy atom. The van der Waals surface area contributed by atoms with Crippen LogP contribution in [0.3, 0.4) is 0 Å². The molecule has 0 radical (unpaired) electrons. The number of thioether (sulfide) groups is 1. The van der Waals surface area contributed by atoms with Crippen molar-refractivity contribution in [1.82, 2.24) is 4.90 Å². The van der Waals surface area contributed by atoms with Crippen molar-refractivity contribution in [3.63, 3.8) is 0 Å². The molecule has 3 aromatic rings. The van der Waals surface area contributed by atoms with E-state index in [1.807, 2.05) is 0 Å². The first-order valence-corrected chi connectivity index (χ1v) is 11.7. The minimum Gasteiger partial charge on any atom is -0.484 e. The van der Waals surface area contributed by atoms with Crippen molar-refractivity contribution in [2.45, 2.75) is 0 Å². The standard InChI is InChI=1S/C26H19F2N3O5S/c27-17-6-8-19(9-7-17)29-24(33)15-36-21-10-4-16(5-11-21)12-22-25(34)31(26(35)37-22)14-23(32)30-20-3-1-2-18(28)13-20/h1-13H,14-15H2,(H,29,33)(H,30,32)/b22-12+. The summed E-state index contributed by atoms with van der Waals surface area (Å²) in [7, 11) is 0. The Labute approximate surface area is 214 Å². The van der Waals surface area contributed by atoms with E-state index in [0.717, 1.165) is 11.0 Å². The van der Waals surface area contributed by atoms with Gasteiger partial charge in [-0.05, 0) is 78.0 Å². The number of ether oxygens (including phenoxy) is 1. The zero-order valence-corrected chi connectivity index (χ0v) is 19.9. The molecule has 0 atom stereocenters. The van der Waals surface area contributed by atoms with Gasteiger partial charge in [-0.3, -0.25) is 24.1 Å². The number of carbonyl (C=O) groups is 4. The van der Waals surface area contributed by atoms with Gasteiger partial charge in [-0.15, -0.1) is 0 Å². The number of benzene rings is 3. The van der Waals surface area contributed by atoms with Crippen LogP contribution >= 0.6 is 11.8 Å². The predicted molar refractivity (Wildman–Crippen MR) is 135 cm³/mol. The SMILES string of the molecule is O=C(COc1ccc(/C=C2/SC(=O)N(CC(=O)Nc3cccc(F)c3)C2=O)cc1)Nc1ccc(F)cc1. The van der Waals surface area contributed by atoms with Crippen LogP contribution in [0.2, 0.25) is 0 Å². The van der Waals surface area contributed by atoms with Gasteiger partial charge in [-0.1, -0.05) is 18.2 Å². The molecule has 188 valence electrons. The largest absolute Gasteiger partial charge is 0.484 e. The number of amides is 4. The topological polar surface area (TPSA) is 105 Å². The summed E-state index contributed by atoms with van der Waals surface area (Å²) in [5.74, 6) is -2.23. The highest BCUT2D eigenvalue weighted by Gasteiger charge is 2.36. The summed E-state index contributed by atoms with van der Waals surface area (Å²) < 4.78 is 31.7. The fourth-order valence-corrected chi connectivity index (χ4v) is 4.08. The first kappa shape index (κ1) is 25.6. The van der Waals surface area contributed by atoms with Crippen molar-refractivity contribution in [3.8, 4) is 5.75 Å². The van der Waals surface area contributed by atoms with Gasteiger partial charge in [0.15, 0.2) is 6.61 Å². The second-order valence-electron chi connectivity index (χ2n) is 7.74. The molecule has 1 aliphatic heterocycles. The molecule has 4 amide bonds. The summed E-state index contributed by atoms with van der Waals surface area (Å²) in [4.78, 5) is 50.1. The second-order valence-corrected chi connectivity index (χ2v) is 8.73. The number of nitrogens with zero attached hydrogens (tertiary/aromatic N) is 1. The van der Waals surface area contributed by atoms with Crippen molar-refractivity contribution >= 4 is 52.2 Å². The van der Waals surface area contributed by atoms with Crippen LogP contribution in [0.4, 0.5) is 25.0 Å². The van der Waals surface area contributed by atoms with E-state index in [0.29, 0.717) is 28.8 Å². The van der Waals surface area contributed by atoms with Crippen LogP contribution in [0.15, 0.2) is 77.7 Å². The van der Waals surface area contributed by atoms with Gasteiger partial charge >= 0.3 is 0 Å². The van der Waals surface area contributed by atoms with E-state index in [1.165, 1.54) is 48.5 Å². The van der Waals surface area contributed by atoms with Gasteiger partial charge in [-0.2, -0.15) is 0 Å². The minimum absolute atomic E-state index is 0.135. The highest BCUT2D eigenvalue weighted by Crippen LogP contribution is 2.32. The van der Waals surface area contributed by atoms with E-state index in [2.05, 4.69) is 10.6 Å². The average Bonchev–Trinajstić information content (AvgIpc) is 3.12. The molecule has 2 N–H and O–H groups in total. The van der Waals surface area contributed by atoms with Crippen LogP contribution in [0, 0.1) is 11.6 Å². The van der Waals surface area contributed by atoms with Gasteiger partial charge < -0.3 is 15.4 Å². The Bertz CT molecular complexity index is 1380. The van der Waals surface area contributed by atoms with Gasteiger partial charge in [0.1, 0.15) is 23.9 Å². The number of nitrogens with one attached hydrogen (secondary N) is 2. The Morgan fingerprint density at radius 2 is 1.57 bits per heavy atom. The van der Waals surface area contributed by atoms with E-state index >= 15 is 0 Å². The normalized spacial score (nSPS) is 14.1. The molecule has 1 fully saturated rings. The van der Waals surface area contributed by atoms with Crippen LogP contribution < -0.4 is 15.4 Å². The third-order valence-corrected chi connectivity index (χ3v) is 5.87. The van der Waals surface area contributed by atoms with E-state index in [1.54, 1.807) is 24.3 Å². The van der Waals surface area contributed by atoms with E-state index in [-0.39, 0.29) is 17.2 Å². The molecule has 0 bridgehead atoms. The number of anilines is 2. The number of hydrogen-bond donors (Lipinski definition) is 2. The maximum atomic E-state index is 13.3. The molecule has 1 aliphatic rings. The molecule has 0 aromatic heterocycles. The van der Waals surface area contributed by atoms with Gasteiger partial charge in [0.05, 0.1) is 4.91 Å². The quantitative estimate of drug-likeness (QED) is 0.417. The Balaban J connectivity index is 1.30. The van der Waals surface area contributed by atoms with Gasteiger partial charge in [0.2, 0.25) is 5.91 Å². The molecule has 0 unspecified atom stereocenters. The summed E-state index contributed by atoms with van der Waals surface area (Å²) in [6.45, 7) is -0.779. The fourth-order valence-electron chi connectivity index (χ4n) is 3.24. The van der Waals surface area contributed by atoms with Crippen molar-refractivity contribution < 1.29 is 32.7 Å². The fraction of sp³-hybridized carbons (Fsp3) is 0.0769. The molecule has 0 saturated carbocycles. The third-order valence-electron chi connectivity index (χ3n) is 4.96. The second kappa shape index (κ2) is 11.5. The molecule has 3 aromatic carbocycles. The number of imide groups is 1. The van der Waals surface area contributed by atoms with Crippen LogP contribution in [0.5, 0.6) is 5.75 Å². The van der Waals surface area contributed by atoms with Crippen LogP contribution in [0.1, 0.15) is 5.56 Å². The molecule has 4 rings (SSSR count). The van der Waals surface area contributed by atoms with Crippen LogP contribution in [0.25, 0.3) is 6.08 Å². The van der Waals surface area contributed by atoms with Gasteiger partial charge in [-0.25, -0.2) is 8.78 Å². The molecule has 11 heteroatoms. The van der Waals surface area contributed by atoms with Gasteiger partial charge in [0.25, 0.3) is 17.1 Å². The molecule has 0 aliphatic carbocycles. The van der Waals surface area contributed by atoms with Crippen molar-refractivity contribution in [1.29, 1.82) is 0 Å². The summed E-state index contributed by atoms with van der Waals surface area (Å²) in [5, 5.41) is 4.43. The summed E-state index contributed by atoms with van der Waals surface area (Å²) >= 11 is 0.698. The van der Waals surface area contributed by atoms with E-state index < -0.39 is 41.1 Å². The molecule has 0 spiro atoms. The highest BCUT2D eigenvalue weighted by atomic mass is 32.2. The number of halogens is 2. The maximum absolute atomic E-state index is 13.3. The maximum Gasteiger partial charge on any atom is 0.294 e. The summed E-state index contributed by atoms with van der Waals surface area (Å²) in [6, 6.07) is 17.0. The lowest BCUT2D eigenvalue weighted by molar-refractivity contribution is -0.127. The first-order valence-electron chi connectivity index (χ1n) is 10.9. The minimum atomic E-state index is -0.640. The first-order chi connectivity index (χ1) is 17.8. The number of carbonyl (C=O) groups excluding carboxylic acids is 4. The molecule has 8 nitrogen and oxygen atoms in total. The van der Waals surface area contributed by atoms with Crippen LogP contribution in [-0.4, -0.2) is 41.0 Å². The lowest BCUT2D eigenvalue weighted by atomic mass is 10.2. The Morgan fingerprint density at radius 1 is 0.865 bits per heavy atom. The number of hydrogen-bond acceptors (Lipinski definition) is 6. The molecular formula is C26H19F2N3O5S. The van der Waals surface area contributed by atoms with E-state index in [4.69, 9.17) is 4.74 Å². The Kier molecular flexibility index (Phi) is 7.94. The zero-order valence-electron chi connectivity index (χ0n) is 19.1. The zero-order chi connectivity index (χ0) is 26.4. The molecular weight excluding hydrogens is 504 g/mol. The average molecular weight is 524 g/mol. The van der Waals surface area contributed by atoms with Gasteiger partial charge in [0, 0.05) is 11.4 Å². The van der Waals surface area contributed by atoms with Crippen molar-refractivity contribution in [3.05, 3.63) is 94.9 Å². The third kappa shape index (κ3) is 7.01. The predicted octanol–water partition coefficient (Wildman–Crippen LogP) is 4.66. The lowest BCUT2D eigenvalue weighted by Gasteiger charge is -2.12. The monoisotopic (exact) mass is 523 g/mol. The molecule has 37 heavy (non-hydrogen) atoms. The van der Waals surface area contributed by atoms with Crippen molar-refractivity contribution in [2.75, 3.05) is 23.8 Å². The van der Waals surface area contributed by atoms with E-state index in [9.17, 15) is 28.0 Å². The molecule has 1 saturated heterocycles. The van der Waals surface area contributed by atoms with Crippen molar-refractivity contribution in [2.24, 2.45) is 0 Å². The number of rotatable bonds is 8. The summed E-state index contributed by atoms with van der Waals surface area (Å²) in [6.07, 6.45) is 1.50. The molecule has 1 heterocycles. The van der Waals surface area contributed by atoms with Crippen LogP contribution in [-0.2, 0) is 14.4 Å².